The van der Waals surface area contributed by atoms with E-state index in [1.54, 1.807) is 12.1 Å². The quantitative estimate of drug-likeness (QED) is 0.762. The third-order valence-corrected chi connectivity index (χ3v) is 8.21. The van der Waals surface area contributed by atoms with Crippen LogP contribution in [0, 0.1) is 0 Å². The number of benzene rings is 1. The molecule has 1 atom stereocenters. The number of sulfonamides is 1. The smallest absolute Gasteiger partial charge is 0.250 e. The second-order valence-electron chi connectivity index (χ2n) is 8.62. The number of carbonyl (C=O) groups excluding carboxylic acids is 2. The molecule has 2 heterocycles. The Bertz CT molecular complexity index is 940. The van der Waals surface area contributed by atoms with E-state index in [-0.39, 0.29) is 35.3 Å². The Morgan fingerprint density at radius 1 is 1.10 bits per heavy atom. The van der Waals surface area contributed by atoms with Gasteiger partial charge in [-0.15, -0.1) is 0 Å². The molecule has 1 saturated carbocycles. The minimum Gasteiger partial charge on any atom is -0.358 e. The first-order valence-electron chi connectivity index (χ1n) is 10.7. The number of amides is 2. The number of rotatable bonds is 5. The van der Waals surface area contributed by atoms with E-state index in [0.29, 0.717) is 5.69 Å². The van der Waals surface area contributed by atoms with E-state index in [1.807, 2.05) is 0 Å². The predicted octanol–water partition coefficient (Wildman–Crippen LogP) is 1.70. The first-order valence-corrected chi connectivity index (χ1v) is 12.2. The van der Waals surface area contributed by atoms with Crippen LogP contribution in [0.25, 0.3) is 0 Å². The van der Waals surface area contributed by atoms with Crippen LogP contribution in [0.1, 0.15) is 44.9 Å². The van der Waals surface area contributed by atoms with Crippen molar-refractivity contribution in [3.63, 3.8) is 0 Å². The highest BCUT2D eigenvalue weighted by molar-refractivity contribution is 7.89. The van der Waals surface area contributed by atoms with Gasteiger partial charge in [0.05, 0.1) is 16.3 Å². The second kappa shape index (κ2) is 8.19. The van der Waals surface area contributed by atoms with Crippen molar-refractivity contribution in [1.29, 1.82) is 0 Å². The van der Waals surface area contributed by atoms with Gasteiger partial charge in [0, 0.05) is 26.7 Å². The standard InChI is InChI=1S/C21H30N4O4S/c1-23(2)30(28,29)16-10-11-17-19(13-16)25(14-20(26)22-15-7-3-4-8-15)21(27)18-9-5-6-12-24(17)18/h10-11,13,15,18H,3-9,12,14H2,1-2H3,(H,22,26)/t18-/m0/s1. The lowest BCUT2D eigenvalue weighted by molar-refractivity contribution is -0.125. The Labute approximate surface area is 178 Å². The van der Waals surface area contributed by atoms with Crippen LogP contribution in [0.15, 0.2) is 23.1 Å². The van der Waals surface area contributed by atoms with Crippen LogP contribution in [-0.2, 0) is 19.6 Å². The highest BCUT2D eigenvalue weighted by Gasteiger charge is 2.40. The van der Waals surface area contributed by atoms with Crippen LogP contribution in [0.3, 0.4) is 0 Å². The van der Waals surface area contributed by atoms with Gasteiger partial charge in [-0.05, 0) is 50.3 Å². The summed E-state index contributed by atoms with van der Waals surface area (Å²) in [6.07, 6.45) is 6.87. The largest absolute Gasteiger partial charge is 0.358 e. The minimum atomic E-state index is -3.65. The summed E-state index contributed by atoms with van der Waals surface area (Å²) in [4.78, 5) is 29.7. The summed E-state index contributed by atoms with van der Waals surface area (Å²) in [5.41, 5.74) is 1.33. The Kier molecular flexibility index (Phi) is 5.76. The molecule has 0 unspecified atom stereocenters. The van der Waals surface area contributed by atoms with Crippen LogP contribution in [0.5, 0.6) is 0 Å². The van der Waals surface area contributed by atoms with Crippen molar-refractivity contribution in [2.24, 2.45) is 0 Å². The normalized spacial score (nSPS) is 22.2. The van der Waals surface area contributed by atoms with Crippen LogP contribution in [0.4, 0.5) is 11.4 Å². The molecule has 1 aliphatic carbocycles. The van der Waals surface area contributed by atoms with Gasteiger partial charge in [0.15, 0.2) is 0 Å². The molecule has 2 fully saturated rings. The van der Waals surface area contributed by atoms with Gasteiger partial charge < -0.3 is 10.2 Å². The highest BCUT2D eigenvalue weighted by atomic mass is 32.2. The lowest BCUT2D eigenvalue weighted by atomic mass is 9.96. The second-order valence-corrected chi connectivity index (χ2v) is 10.8. The molecule has 1 N–H and O–H groups in total. The molecule has 3 aliphatic rings. The third-order valence-electron chi connectivity index (χ3n) is 6.40. The average molecular weight is 435 g/mol. The van der Waals surface area contributed by atoms with E-state index in [2.05, 4.69) is 10.2 Å². The average Bonchev–Trinajstić information content (AvgIpc) is 3.23. The fourth-order valence-electron chi connectivity index (χ4n) is 4.76. The molecule has 0 aromatic heterocycles. The van der Waals surface area contributed by atoms with Crippen molar-refractivity contribution in [2.75, 3.05) is 37.0 Å². The number of fused-ring (bicyclic) bond motifs is 3. The van der Waals surface area contributed by atoms with Crippen molar-refractivity contribution in [1.82, 2.24) is 9.62 Å². The van der Waals surface area contributed by atoms with Crippen molar-refractivity contribution in [3.8, 4) is 0 Å². The molecule has 1 aromatic carbocycles. The number of nitrogens with zero attached hydrogens (tertiary/aromatic N) is 3. The van der Waals surface area contributed by atoms with Gasteiger partial charge in [0.1, 0.15) is 12.6 Å². The summed E-state index contributed by atoms with van der Waals surface area (Å²) in [6, 6.07) is 4.78. The monoisotopic (exact) mass is 434 g/mol. The third kappa shape index (κ3) is 3.80. The topological polar surface area (TPSA) is 90.0 Å². The summed E-state index contributed by atoms with van der Waals surface area (Å²) < 4.78 is 26.5. The van der Waals surface area contributed by atoms with E-state index >= 15 is 0 Å². The fraction of sp³-hybridized carbons (Fsp3) is 0.619. The number of nitrogens with one attached hydrogen (secondary N) is 1. The summed E-state index contributed by atoms with van der Waals surface area (Å²) in [5, 5.41) is 3.04. The molecule has 1 aromatic rings. The first kappa shape index (κ1) is 21.1. The summed E-state index contributed by atoms with van der Waals surface area (Å²) in [5.74, 6) is -0.311. The number of hydrogen-bond acceptors (Lipinski definition) is 5. The summed E-state index contributed by atoms with van der Waals surface area (Å²) in [7, 11) is -0.692. The molecule has 0 bridgehead atoms. The van der Waals surface area contributed by atoms with Crippen LogP contribution in [0.2, 0.25) is 0 Å². The molecule has 1 saturated heterocycles. The van der Waals surface area contributed by atoms with E-state index < -0.39 is 10.0 Å². The molecule has 2 aliphatic heterocycles. The SMILES string of the molecule is CN(C)S(=O)(=O)c1ccc2c(c1)N(CC(=O)NC1CCCC1)C(=O)[C@@H]1CCCCN21. The molecule has 164 valence electrons. The molecular formula is C21H30N4O4S. The van der Waals surface area contributed by atoms with Gasteiger partial charge in [-0.3, -0.25) is 14.5 Å². The Balaban J connectivity index is 1.69. The van der Waals surface area contributed by atoms with E-state index in [9.17, 15) is 18.0 Å². The Morgan fingerprint density at radius 3 is 2.50 bits per heavy atom. The molecule has 4 rings (SSSR count). The first-order chi connectivity index (χ1) is 14.3. The molecule has 9 heteroatoms. The minimum absolute atomic E-state index is 0.0852. The molecule has 0 spiro atoms. The maximum Gasteiger partial charge on any atom is 0.250 e. The number of piperidine rings is 1. The fourth-order valence-corrected chi connectivity index (χ4v) is 5.68. The van der Waals surface area contributed by atoms with Crippen molar-refractivity contribution < 1.29 is 18.0 Å². The van der Waals surface area contributed by atoms with Crippen molar-refractivity contribution >= 4 is 33.2 Å². The van der Waals surface area contributed by atoms with Crippen molar-refractivity contribution in [3.05, 3.63) is 18.2 Å². The lowest BCUT2D eigenvalue weighted by Crippen LogP contribution is -2.57. The molecule has 8 nitrogen and oxygen atoms in total. The zero-order chi connectivity index (χ0) is 21.5. The maximum absolute atomic E-state index is 13.3. The highest BCUT2D eigenvalue weighted by Crippen LogP contribution is 2.40. The van der Waals surface area contributed by atoms with E-state index in [1.165, 1.54) is 25.1 Å². The molecule has 30 heavy (non-hydrogen) atoms. The van der Waals surface area contributed by atoms with Crippen LogP contribution in [-0.4, -0.2) is 63.8 Å². The number of hydrogen-bond donors (Lipinski definition) is 1. The Morgan fingerprint density at radius 2 is 1.80 bits per heavy atom. The van der Waals surface area contributed by atoms with Gasteiger partial charge in [0.2, 0.25) is 21.8 Å². The van der Waals surface area contributed by atoms with Gasteiger partial charge in [-0.2, -0.15) is 0 Å². The number of anilines is 2. The van der Waals surface area contributed by atoms with E-state index in [4.69, 9.17) is 0 Å². The summed E-state index contributed by atoms with van der Waals surface area (Å²) >= 11 is 0. The zero-order valence-corrected chi connectivity index (χ0v) is 18.5. The lowest BCUT2D eigenvalue weighted by Gasteiger charge is -2.45. The maximum atomic E-state index is 13.3. The van der Waals surface area contributed by atoms with Crippen LogP contribution >= 0.6 is 0 Å². The van der Waals surface area contributed by atoms with Gasteiger partial charge in [-0.1, -0.05) is 12.8 Å². The summed E-state index contributed by atoms with van der Waals surface area (Å²) in [6.45, 7) is 0.670. The number of carbonyl (C=O) groups is 2. The Hall–Kier alpha value is -2.13. The predicted molar refractivity (Wildman–Crippen MR) is 115 cm³/mol. The molecule has 0 radical (unpaired) electrons. The molecule has 2 amide bonds. The van der Waals surface area contributed by atoms with Gasteiger partial charge in [0.25, 0.3) is 0 Å². The van der Waals surface area contributed by atoms with Crippen LogP contribution < -0.4 is 15.1 Å². The van der Waals surface area contributed by atoms with Gasteiger partial charge in [-0.25, -0.2) is 12.7 Å². The van der Waals surface area contributed by atoms with E-state index in [0.717, 1.165) is 61.5 Å². The molecular weight excluding hydrogens is 404 g/mol. The zero-order valence-electron chi connectivity index (χ0n) is 17.6. The van der Waals surface area contributed by atoms with Crippen molar-refractivity contribution in [2.45, 2.75) is 61.9 Å². The van der Waals surface area contributed by atoms with Gasteiger partial charge >= 0.3 is 0 Å².